The molecule has 0 bridgehead atoms. The number of nitriles is 1. The zero-order chi connectivity index (χ0) is 19.8. The molecule has 1 N–H and O–H groups in total. The van der Waals surface area contributed by atoms with Crippen molar-refractivity contribution in [3.05, 3.63) is 101 Å². The van der Waals surface area contributed by atoms with Crippen molar-refractivity contribution in [2.24, 2.45) is 0 Å². The molecule has 0 aliphatic carbocycles. The van der Waals surface area contributed by atoms with Gasteiger partial charge in [-0.3, -0.25) is 4.79 Å². The van der Waals surface area contributed by atoms with Crippen molar-refractivity contribution in [3.8, 4) is 11.8 Å². The monoisotopic (exact) mass is 388 g/mol. The maximum Gasteiger partial charge on any atom is 0.266 e. The van der Waals surface area contributed by atoms with Crippen LogP contribution in [0.1, 0.15) is 11.1 Å². The summed E-state index contributed by atoms with van der Waals surface area (Å²) in [5.74, 6) is 0.110. The number of nitrogens with zero attached hydrogens (tertiary/aromatic N) is 1. The van der Waals surface area contributed by atoms with Crippen molar-refractivity contribution in [2.75, 3.05) is 5.32 Å². The maximum atomic E-state index is 12.4. The Morgan fingerprint density at radius 1 is 1.00 bits per heavy atom. The number of anilines is 1. The number of carbonyl (C=O) groups excluding carboxylic acids is 1. The molecule has 0 unspecified atom stereocenters. The summed E-state index contributed by atoms with van der Waals surface area (Å²) in [6, 6.07) is 25.6. The topological polar surface area (TPSA) is 62.1 Å². The largest absolute Gasteiger partial charge is 0.488 e. The number of carbonyl (C=O) groups is 1. The van der Waals surface area contributed by atoms with Crippen LogP contribution in [0.5, 0.6) is 5.75 Å². The van der Waals surface area contributed by atoms with Gasteiger partial charge in [0.25, 0.3) is 5.91 Å². The molecule has 0 aliphatic rings. The van der Waals surface area contributed by atoms with Crippen molar-refractivity contribution < 1.29 is 9.53 Å². The molecule has 138 valence electrons. The number of nitrogens with one attached hydrogen (secondary N) is 1. The van der Waals surface area contributed by atoms with Crippen LogP contribution < -0.4 is 10.1 Å². The first kappa shape index (κ1) is 19.2. The summed E-state index contributed by atoms with van der Waals surface area (Å²) < 4.78 is 5.88. The zero-order valence-corrected chi connectivity index (χ0v) is 15.7. The first-order valence-corrected chi connectivity index (χ1v) is 8.98. The summed E-state index contributed by atoms with van der Waals surface area (Å²) in [7, 11) is 0. The SMILES string of the molecule is N#C/C(=C\c1ccccc1OCc1ccc(Cl)cc1)C(=O)Nc1ccccc1. The molecule has 28 heavy (non-hydrogen) atoms. The number of hydrogen-bond acceptors (Lipinski definition) is 3. The van der Waals surface area contributed by atoms with E-state index in [0.717, 1.165) is 5.56 Å². The van der Waals surface area contributed by atoms with Crippen LogP contribution >= 0.6 is 11.6 Å². The van der Waals surface area contributed by atoms with E-state index in [1.807, 2.05) is 48.5 Å². The highest BCUT2D eigenvalue weighted by Gasteiger charge is 2.11. The summed E-state index contributed by atoms with van der Waals surface area (Å²) in [6.45, 7) is 0.347. The van der Waals surface area contributed by atoms with Crippen LogP contribution in [0.3, 0.4) is 0 Å². The molecular formula is C23H17ClN2O2. The number of rotatable bonds is 6. The fraction of sp³-hybridized carbons (Fsp3) is 0.0435. The van der Waals surface area contributed by atoms with Gasteiger partial charge in [-0.2, -0.15) is 5.26 Å². The van der Waals surface area contributed by atoms with Crippen LogP contribution in [0, 0.1) is 11.3 Å². The molecule has 1 amide bonds. The fourth-order valence-corrected chi connectivity index (χ4v) is 2.62. The Morgan fingerprint density at radius 2 is 1.68 bits per heavy atom. The normalized spacial score (nSPS) is 10.8. The summed E-state index contributed by atoms with van der Waals surface area (Å²) in [4.78, 5) is 12.4. The molecule has 0 spiro atoms. The number of ether oxygens (including phenoxy) is 1. The molecule has 4 nitrogen and oxygen atoms in total. The van der Waals surface area contributed by atoms with E-state index in [-0.39, 0.29) is 5.57 Å². The molecular weight excluding hydrogens is 372 g/mol. The third kappa shape index (κ3) is 5.23. The van der Waals surface area contributed by atoms with Crippen LogP contribution in [0.25, 0.3) is 6.08 Å². The van der Waals surface area contributed by atoms with Gasteiger partial charge in [-0.1, -0.05) is 60.1 Å². The van der Waals surface area contributed by atoms with E-state index in [4.69, 9.17) is 16.3 Å². The third-order valence-electron chi connectivity index (χ3n) is 3.92. The minimum atomic E-state index is -0.471. The Balaban J connectivity index is 1.77. The van der Waals surface area contributed by atoms with Crippen LogP contribution in [0.15, 0.2) is 84.4 Å². The molecule has 0 saturated carbocycles. The fourth-order valence-electron chi connectivity index (χ4n) is 2.50. The number of amides is 1. The van der Waals surface area contributed by atoms with Gasteiger partial charge in [-0.05, 0) is 42.0 Å². The van der Waals surface area contributed by atoms with Gasteiger partial charge in [-0.25, -0.2) is 0 Å². The predicted octanol–water partition coefficient (Wildman–Crippen LogP) is 5.46. The van der Waals surface area contributed by atoms with Crippen LogP contribution in [-0.4, -0.2) is 5.91 Å². The lowest BCUT2D eigenvalue weighted by Crippen LogP contribution is -2.13. The highest BCUT2D eigenvalue weighted by Crippen LogP contribution is 2.23. The van der Waals surface area contributed by atoms with Gasteiger partial charge < -0.3 is 10.1 Å². The minimum Gasteiger partial charge on any atom is -0.488 e. The first-order valence-electron chi connectivity index (χ1n) is 8.60. The van der Waals surface area contributed by atoms with E-state index in [1.54, 1.807) is 36.4 Å². The van der Waals surface area contributed by atoms with Gasteiger partial charge >= 0.3 is 0 Å². The molecule has 5 heteroatoms. The predicted molar refractivity (Wildman–Crippen MR) is 111 cm³/mol. The molecule has 0 atom stereocenters. The molecule has 3 aromatic rings. The molecule has 0 fully saturated rings. The summed E-state index contributed by atoms with van der Waals surface area (Å²) in [6.07, 6.45) is 1.52. The Hall–Kier alpha value is -3.55. The van der Waals surface area contributed by atoms with Crippen molar-refractivity contribution in [3.63, 3.8) is 0 Å². The molecule has 0 aromatic heterocycles. The van der Waals surface area contributed by atoms with E-state index in [1.165, 1.54) is 6.08 Å². The molecule has 0 radical (unpaired) electrons. The zero-order valence-electron chi connectivity index (χ0n) is 14.9. The lowest BCUT2D eigenvalue weighted by atomic mass is 10.1. The van der Waals surface area contributed by atoms with Crippen LogP contribution in [0.4, 0.5) is 5.69 Å². The molecule has 0 saturated heterocycles. The average molecular weight is 389 g/mol. The van der Waals surface area contributed by atoms with Gasteiger partial charge in [0.05, 0.1) is 0 Å². The maximum absolute atomic E-state index is 12.4. The summed E-state index contributed by atoms with van der Waals surface area (Å²) in [5, 5.41) is 12.8. The molecule has 3 aromatic carbocycles. The second-order valence-electron chi connectivity index (χ2n) is 5.94. The standard InChI is InChI=1S/C23H17ClN2O2/c24-20-12-10-17(11-13-20)16-28-22-9-5-4-6-18(22)14-19(15-25)23(27)26-21-7-2-1-3-8-21/h1-14H,16H2,(H,26,27)/b19-14+. The third-order valence-corrected chi connectivity index (χ3v) is 4.18. The highest BCUT2D eigenvalue weighted by molar-refractivity contribution is 6.30. The Bertz CT molecular complexity index is 1020. The van der Waals surface area contributed by atoms with E-state index in [0.29, 0.717) is 28.6 Å². The first-order chi connectivity index (χ1) is 13.7. The molecule has 0 heterocycles. The van der Waals surface area contributed by atoms with Crippen molar-refractivity contribution in [2.45, 2.75) is 6.61 Å². The van der Waals surface area contributed by atoms with Gasteiger partial charge in [0.2, 0.25) is 0 Å². The number of hydrogen-bond donors (Lipinski definition) is 1. The second-order valence-corrected chi connectivity index (χ2v) is 6.38. The molecule has 0 aliphatic heterocycles. The number of benzene rings is 3. The average Bonchev–Trinajstić information content (AvgIpc) is 2.73. The lowest BCUT2D eigenvalue weighted by Gasteiger charge is -2.10. The second kappa shape index (κ2) is 9.40. The number of halogens is 1. The Kier molecular flexibility index (Phi) is 6.46. The van der Waals surface area contributed by atoms with E-state index in [2.05, 4.69) is 5.32 Å². The van der Waals surface area contributed by atoms with Gasteiger partial charge in [0, 0.05) is 16.3 Å². The smallest absolute Gasteiger partial charge is 0.266 e. The van der Waals surface area contributed by atoms with E-state index < -0.39 is 5.91 Å². The minimum absolute atomic E-state index is 0.00797. The van der Waals surface area contributed by atoms with Crippen LogP contribution in [0.2, 0.25) is 5.02 Å². The Labute approximate surface area is 168 Å². The van der Waals surface area contributed by atoms with Crippen molar-refractivity contribution >= 4 is 29.3 Å². The van der Waals surface area contributed by atoms with Crippen molar-refractivity contribution in [1.82, 2.24) is 0 Å². The summed E-state index contributed by atoms with van der Waals surface area (Å²) in [5.41, 5.74) is 2.23. The van der Waals surface area contributed by atoms with Crippen LogP contribution in [-0.2, 0) is 11.4 Å². The van der Waals surface area contributed by atoms with Gasteiger partial charge in [-0.15, -0.1) is 0 Å². The molecule has 3 rings (SSSR count). The van der Waals surface area contributed by atoms with Crippen molar-refractivity contribution in [1.29, 1.82) is 5.26 Å². The Morgan fingerprint density at radius 3 is 2.39 bits per heavy atom. The summed E-state index contributed by atoms with van der Waals surface area (Å²) >= 11 is 5.90. The lowest BCUT2D eigenvalue weighted by molar-refractivity contribution is -0.112. The van der Waals surface area contributed by atoms with Gasteiger partial charge in [0.1, 0.15) is 24.0 Å². The highest BCUT2D eigenvalue weighted by atomic mass is 35.5. The number of para-hydroxylation sites is 2. The van der Waals surface area contributed by atoms with Gasteiger partial charge in [0.15, 0.2) is 0 Å². The quantitative estimate of drug-likeness (QED) is 0.450. The van der Waals surface area contributed by atoms with E-state index >= 15 is 0 Å². The van der Waals surface area contributed by atoms with E-state index in [9.17, 15) is 10.1 Å².